The molecule has 0 heterocycles. The Hall–Kier alpha value is -4.02. The predicted octanol–water partition coefficient (Wildman–Crippen LogP) is 3.44. The lowest BCUT2D eigenvalue weighted by atomic mass is 10.3. The molecule has 0 spiro atoms. The molecule has 0 radical (unpaired) electrons. The SMILES string of the molecule is CN(C(=S)N(c1ccc(F)cc1)S(=O)(=O)c1ccc([N+](=O)[O-])cc1)S(=O)(=O)c1ccc([N+](=O)[O-])cc1. The Morgan fingerprint density at radius 1 is 0.750 bits per heavy atom. The third-order valence-electron chi connectivity index (χ3n) is 4.80. The highest BCUT2D eigenvalue weighted by Crippen LogP contribution is 2.29. The van der Waals surface area contributed by atoms with E-state index in [1.807, 2.05) is 0 Å². The zero-order valence-corrected chi connectivity index (χ0v) is 20.5. The molecule has 0 bridgehead atoms. The molecule has 12 nitrogen and oxygen atoms in total. The fourth-order valence-electron chi connectivity index (χ4n) is 2.90. The van der Waals surface area contributed by atoms with E-state index in [-0.39, 0.29) is 17.1 Å². The quantitative estimate of drug-likeness (QED) is 0.242. The summed E-state index contributed by atoms with van der Waals surface area (Å²) in [6.45, 7) is 0. The first kappa shape index (κ1) is 26.6. The van der Waals surface area contributed by atoms with Crippen LogP contribution >= 0.6 is 12.2 Å². The molecule has 0 aliphatic rings. The number of hydrogen-bond acceptors (Lipinski definition) is 9. The van der Waals surface area contributed by atoms with Crippen LogP contribution in [0.25, 0.3) is 0 Å². The summed E-state index contributed by atoms with van der Waals surface area (Å²) < 4.78 is 67.8. The van der Waals surface area contributed by atoms with Crippen molar-refractivity contribution in [3.05, 3.63) is 98.8 Å². The molecule has 3 aromatic carbocycles. The first-order chi connectivity index (χ1) is 16.8. The first-order valence-corrected chi connectivity index (χ1v) is 12.9. The maximum Gasteiger partial charge on any atom is 0.270 e. The molecule has 3 rings (SSSR count). The summed E-state index contributed by atoms with van der Waals surface area (Å²) in [6.07, 6.45) is 0. The van der Waals surface area contributed by atoms with Crippen molar-refractivity contribution in [2.75, 3.05) is 11.4 Å². The average molecular weight is 555 g/mol. The van der Waals surface area contributed by atoms with Crippen molar-refractivity contribution >= 4 is 54.4 Å². The van der Waals surface area contributed by atoms with Gasteiger partial charge >= 0.3 is 0 Å². The zero-order chi connectivity index (χ0) is 26.8. The van der Waals surface area contributed by atoms with Crippen LogP contribution in [0.1, 0.15) is 0 Å². The molecule has 0 amide bonds. The van der Waals surface area contributed by atoms with Crippen LogP contribution in [0.3, 0.4) is 0 Å². The average Bonchev–Trinajstić information content (AvgIpc) is 2.84. The number of thiocarbonyl (C=S) groups is 1. The molecule has 0 saturated carbocycles. The van der Waals surface area contributed by atoms with E-state index in [0.717, 1.165) is 79.8 Å². The van der Waals surface area contributed by atoms with Gasteiger partial charge in [-0.15, -0.1) is 0 Å². The third-order valence-corrected chi connectivity index (χ3v) is 8.98. The van der Waals surface area contributed by atoms with E-state index in [2.05, 4.69) is 0 Å². The highest BCUT2D eigenvalue weighted by molar-refractivity contribution is 7.96. The van der Waals surface area contributed by atoms with Crippen LogP contribution in [0.5, 0.6) is 0 Å². The Morgan fingerprint density at radius 3 is 1.53 bits per heavy atom. The number of benzene rings is 3. The fourth-order valence-corrected chi connectivity index (χ4v) is 6.15. The summed E-state index contributed by atoms with van der Waals surface area (Å²) in [7, 11) is -8.19. The van der Waals surface area contributed by atoms with Crippen LogP contribution in [0.2, 0.25) is 0 Å². The predicted molar refractivity (Wildman–Crippen MR) is 130 cm³/mol. The van der Waals surface area contributed by atoms with Gasteiger partial charge in [0.15, 0.2) is 0 Å². The van der Waals surface area contributed by atoms with E-state index >= 15 is 0 Å². The molecule has 3 aromatic rings. The number of nitro groups is 2. The summed E-state index contributed by atoms with van der Waals surface area (Å²) in [6, 6.07) is 11.6. The van der Waals surface area contributed by atoms with Crippen LogP contribution < -0.4 is 4.31 Å². The minimum atomic E-state index is -4.66. The first-order valence-electron chi connectivity index (χ1n) is 9.59. The Morgan fingerprint density at radius 2 is 1.14 bits per heavy atom. The van der Waals surface area contributed by atoms with Crippen molar-refractivity contribution in [3.8, 4) is 0 Å². The molecule has 0 aliphatic heterocycles. The second kappa shape index (κ2) is 9.92. The number of halogens is 1. The summed E-state index contributed by atoms with van der Waals surface area (Å²) in [5, 5.41) is 21.0. The molecular formula is C20H15FN4O8S3. The van der Waals surface area contributed by atoms with E-state index < -0.39 is 50.6 Å². The topological polar surface area (TPSA) is 161 Å². The number of nitrogens with zero attached hydrogens (tertiary/aromatic N) is 4. The molecular weight excluding hydrogens is 539 g/mol. The third kappa shape index (κ3) is 5.14. The molecule has 16 heteroatoms. The van der Waals surface area contributed by atoms with Gasteiger partial charge in [0.05, 0.1) is 25.3 Å². The van der Waals surface area contributed by atoms with Gasteiger partial charge in [-0.25, -0.2) is 29.8 Å². The van der Waals surface area contributed by atoms with Crippen LogP contribution in [0.15, 0.2) is 82.6 Å². The van der Waals surface area contributed by atoms with E-state index in [0.29, 0.717) is 8.61 Å². The fraction of sp³-hybridized carbons (Fsp3) is 0.0500. The number of hydrogen-bond donors (Lipinski definition) is 0. The molecule has 0 aliphatic carbocycles. The Bertz CT molecular complexity index is 1540. The van der Waals surface area contributed by atoms with Gasteiger partial charge in [-0.2, -0.15) is 0 Å². The molecule has 0 fully saturated rings. The number of non-ortho nitro benzene ring substituents is 2. The minimum Gasteiger partial charge on any atom is -0.258 e. The highest BCUT2D eigenvalue weighted by Gasteiger charge is 2.35. The minimum absolute atomic E-state index is 0.217. The lowest BCUT2D eigenvalue weighted by molar-refractivity contribution is -0.385. The summed E-state index contributed by atoms with van der Waals surface area (Å²) in [4.78, 5) is 19.5. The maximum absolute atomic E-state index is 13.5. The molecule has 0 unspecified atom stereocenters. The molecule has 0 atom stereocenters. The zero-order valence-electron chi connectivity index (χ0n) is 18.1. The normalized spacial score (nSPS) is 11.5. The number of sulfonamides is 2. The second-order valence-electron chi connectivity index (χ2n) is 7.00. The molecule has 0 N–H and O–H groups in total. The van der Waals surface area contributed by atoms with Gasteiger partial charge in [-0.3, -0.25) is 20.2 Å². The van der Waals surface area contributed by atoms with Crippen LogP contribution in [0, 0.1) is 26.0 Å². The van der Waals surface area contributed by atoms with Gasteiger partial charge in [0.1, 0.15) is 5.82 Å². The van der Waals surface area contributed by atoms with Crippen LogP contribution in [-0.4, -0.2) is 43.1 Å². The van der Waals surface area contributed by atoms with Crippen molar-refractivity contribution < 1.29 is 31.1 Å². The molecule has 0 aromatic heterocycles. The van der Waals surface area contributed by atoms with E-state index in [1.54, 1.807) is 0 Å². The highest BCUT2D eigenvalue weighted by atomic mass is 32.2. The van der Waals surface area contributed by atoms with E-state index in [4.69, 9.17) is 12.2 Å². The van der Waals surface area contributed by atoms with Crippen LogP contribution in [0.4, 0.5) is 21.5 Å². The van der Waals surface area contributed by atoms with Gasteiger partial charge in [0.2, 0.25) is 5.11 Å². The maximum atomic E-state index is 13.5. The molecule has 0 saturated heterocycles. The second-order valence-corrected chi connectivity index (χ2v) is 11.1. The Kier molecular flexibility index (Phi) is 7.33. The Labute approximate surface area is 209 Å². The van der Waals surface area contributed by atoms with Crippen molar-refractivity contribution in [2.24, 2.45) is 0 Å². The van der Waals surface area contributed by atoms with Gasteiger partial charge in [-0.1, -0.05) is 0 Å². The largest absolute Gasteiger partial charge is 0.270 e. The number of rotatable bonds is 7. The number of nitro benzene ring substituents is 2. The van der Waals surface area contributed by atoms with E-state index in [1.165, 1.54) is 0 Å². The van der Waals surface area contributed by atoms with Crippen molar-refractivity contribution in [3.63, 3.8) is 0 Å². The summed E-state index contributed by atoms with van der Waals surface area (Å²) in [5.41, 5.74) is -0.971. The number of anilines is 1. The molecule has 36 heavy (non-hydrogen) atoms. The van der Waals surface area contributed by atoms with Crippen molar-refractivity contribution in [2.45, 2.75) is 9.79 Å². The monoisotopic (exact) mass is 554 g/mol. The van der Waals surface area contributed by atoms with Gasteiger partial charge in [0.25, 0.3) is 31.4 Å². The lowest BCUT2D eigenvalue weighted by Gasteiger charge is -2.30. The molecule has 188 valence electrons. The van der Waals surface area contributed by atoms with Gasteiger partial charge in [-0.05, 0) is 60.7 Å². The van der Waals surface area contributed by atoms with Crippen molar-refractivity contribution in [1.82, 2.24) is 4.31 Å². The van der Waals surface area contributed by atoms with Gasteiger partial charge < -0.3 is 0 Å². The standard InChI is InChI=1S/C20H15FN4O8S3/c1-22(35(30,31)18-10-6-16(7-11-18)24(26)27)20(34)23(15-4-2-14(21)3-5-15)36(32,33)19-12-8-17(9-13-19)25(28)29/h2-13H,1H3. The Balaban J connectivity index is 2.10. The van der Waals surface area contributed by atoms with Gasteiger partial charge in [0, 0.05) is 31.3 Å². The van der Waals surface area contributed by atoms with Crippen molar-refractivity contribution in [1.29, 1.82) is 0 Å². The smallest absolute Gasteiger partial charge is 0.258 e. The summed E-state index contributed by atoms with van der Waals surface area (Å²) in [5.74, 6) is -0.704. The summed E-state index contributed by atoms with van der Waals surface area (Å²) >= 11 is 5.23. The van der Waals surface area contributed by atoms with Crippen LogP contribution in [-0.2, 0) is 20.0 Å². The van der Waals surface area contributed by atoms with E-state index in [9.17, 15) is 41.5 Å². The lowest BCUT2D eigenvalue weighted by Crippen LogP contribution is -2.47.